The second-order valence-corrected chi connectivity index (χ2v) is 4.24. The minimum atomic E-state index is -0.852. The van der Waals surface area contributed by atoms with Crippen LogP contribution in [0.1, 0.15) is 34.0 Å². The Hall–Kier alpha value is -2.10. The minimum absolute atomic E-state index is 0.157. The van der Waals surface area contributed by atoms with E-state index >= 15 is 0 Å². The maximum Gasteiger partial charge on any atom is 0.337 e. The second kappa shape index (κ2) is 3.73. The van der Waals surface area contributed by atoms with Crippen molar-refractivity contribution in [3.8, 4) is 0 Å². The Morgan fingerprint density at radius 3 is 3.06 bits per heavy atom. The van der Waals surface area contributed by atoms with Crippen LogP contribution in [0.2, 0.25) is 0 Å². The number of carboxylic acids is 1. The third kappa shape index (κ3) is 1.53. The van der Waals surface area contributed by atoms with E-state index in [1.165, 1.54) is 0 Å². The molecule has 1 unspecified atom stereocenters. The number of hydrogen-bond acceptors (Lipinski definition) is 2. The van der Waals surface area contributed by atoms with Gasteiger partial charge in [-0.15, -0.1) is 0 Å². The summed E-state index contributed by atoms with van der Waals surface area (Å²) in [7, 11) is 0. The zero-order valence-corrected chi connectivity index (χ0v) is 9.21. The summed E-state index contributed by atoms with van der Waals surface area (Å²) in [4.78, 5) is 15.3. The maximum absolute atomic E-state index is 11.2. The number of pyridine rings is 1. The SMILES string of the molecule is O=C(O)c1ccn2c1C(c1cccnc1)CC2. The van der Waals surface area contributed by atoms with Crippen molar-refractivity contribution in [1.82, 2.24) is 9.55 Å². The fourth-order valence-corrected chi connectivity index (χ4v) is 2.56. The zero-order valence-electron chi connectivity index (χ0n) is 9.21. The molecule has 0 spiro atoms. The fraction of sp³-hybridized carbons (Fsp3) is 0.231. The molecule has 3 rings (SSSR count). The molecule has 0 saturated carbocycles. The molecule has 0 aliphatic carbocycles. The van der Waals surface area contributed by atoms with Gasteiger partial charge < -0.3 is 9.67 Å². The molecule has 3 heterocycles. The van der Waals surface area contributed by atoms with Crippen molar-refractivity contribution >= 4 is 5.97 Å². The molecule has 17 heavy (non-hydrogen) atoms. The molecule has 1 atom stereocenters. The Morgan fingerprint density at radius 1 is 1.47 bits per heavy atom. The first-order valence-electron chi connectivity index (χ1n) is 5.59. The van der Waals surface area contributed by atoms with Crippen molar-refractivity contribution in [2.24, 2.45) is 0 Å². The molecule has 1 N–H and O–H groups in total. The van der Waals surface area contributed by atoms with Crippen LogP contribution in [0.25, 0.3) is 0 Å². The van der Waals surface area contributed by atoms with Crippen molar-refractivity contribution in [3.05, 3.63) is 53.6 Å². The van der Waals surface area contributed by atoms with Gasteiger partial charge in [0.25, 0.3) is 0 Å². The van der Waals surface area contributed by atoms with Gasteiger partial charge >= 0.3 is 5.97 Å². The summed E-state index contributed by atoms with van der Waals surface area (Å²) < 4.78 is 2.03. The molecule has 0 aromatic carbocycles. The monoisotopic (exact) mass is 228 g/mol. The number of carboxylic acid groups (broad SMARTS) is 1. The summed E-state index contributed by atoms with van der Waals surface area (Å²) in [6, 6.07) is 5.58. The summed E-state index contributed by atoms with van der Waals surface area (Å²) in [6.45, 7) is 0.877. The Bertz CT molecular complexity index is 560. The van der Waals surface area contributed by atoms with Gasteiger partial charge in [0.05, 0.1) is 5.56 Å². The highest BCUT2D eigenvalue weighted by atomic mass is 16.4. The largest absolute Gasteiger partial charge is 0.478 e. The van der Waals surface area contributed by atoms with Gasteiger partial charge in [-0.3, -0.25) is 4.98 Å². The average Bonchev–Trinajstić information content (AvgIpc) is 2.90. The Morgan fingerprint density at radius 2 is 2.35 bits per heavy atom. The Balaban J connectivity index is 2.09. The molecule has 2 aromatic heterocycles. The van der Waals surface area contributed by atoms with Gasteiger partial charge in [-0.25, -0.2) is 4.79 Å². The van der Waals surface area contributed by atoms with Crippen LogP contribution >= 0.6 is 0 Å². The highest BCUT2D eigenvalue weighted by molar-refractivity contribution is 5.89. The van der Waals surface area contributed by atoms with Gasteiger partial charge in [0, 0.05) is 36.7 Å². The third-order valence-corrected chi connectivity index (χ3v) is 3.31. The minimum Gasteiger partial charge on any atom is -0.478 e. The molecule has 4 heteroatoms. The topological polar surface area (TPSA) is 55.1 Å². The smallest absolute Gasteiger partial charge is 0.337 e. The molecular formula is C13H12N2O2. The Labute approximate surface area is 98.5 Å². The molecule has 1 aliphatic heterocycles. The summed E-state index contributed by atoms with van der Waals surface area (Å²) in [5.74, 6) is -0.695. The third-order valence-electron chi connectivity index (χ3n) is 3.31. The lowest BCUT2D eigenvalue weighted by Crippen LogP contribution is -2.05. The molecule has 86 valence electrons. The van der Waals surface area contributed by atoms with Crippen molar-refractivity contribution in [2.75, 3.05) is 0 Å². The van der Waals surface area contributed by atoms with Gasteiger partial charge in [-0.05, 0) is 24.1 Å². The van der Waals surface area contributed by atoms with Crippen LogP contribution in [0.15, 0.2) is 36.8 Å². The maximum atomic E-state index is 11.2. The average molecular weight is 228 g/mol. The summed E-state index contributed by atoms with van der Waals surface area (Å²) in [6.07, 6.45) is 6.35. The first kappa shape index (κ1) is 10.1. The summed E-state index contributed by atoms with van der Waals surface area (Å²) in [5.41, 5.74) is 2.41. The zero-order chi connectivity index (χ0) is 11.8. The normalized spacial score (nSPS) is 18.0. The molecule has 2 aromatic rings. The van der Waals surface area contributed by atoms with E-state index in [4.69, 9.17) is 0 Å². The highest BCUT2D eigenvalue weighted by Crippen LogP contribution is 2.36. The number of aryl methyl sites for hydroxylation is 1. The van der Waals surface area contributed by atoms with Gasteiger partial charge in [0.15, 0.2) is 0 Å². The van der Waals surface area contributed by atoms with Crippen LogP contribution in [0, 0.1) is 0 Å². The van der Waals surface area contributed by atoms with Crippen LogP contribution in [-0.2, 0) is 6.54 Å². The van der Waals surface area contributed by atoms with E-state index < -0.39 is 5.97 Å². The van der Waals surface area contributed by atoms with E-state index in [9.17, 15) is 9.90 Å². The second-order valence-electron chi connectivity index (χ2n) is 4.24. The van der Waals surface area contributed by atoms with Crippen LogP contribution < -0.4 is 0 Å². The molecule has 1 aliphatic rings. The Kier molecular flexibility index (Phi) is 2.21. The number of hydrogen-bond donors (Lipinski definition) is 1. The molecule has 0 fully saturated rings. The molecule has 0 amide bonds. The van der Waals surface area contributed by atoms with Crippen molar-refractivity contribution in [1.29, 1.82) is 0 Å². The molecule has 0 bridgehead atoms. The number of nitrogens with zero attached hydrogens (tertiary/aromatic N) is 2. The van der Waals surface area contributed by atoms with Gasteiger partial charge in [0.1, 0.15) is 0 Å². The highest BCUT2D eigenvalue weighted by Gasteiger charge is 2.29. The van der Waals surface area contributed by atoms with Crippen LogP contribution in [0.3, 0.4) is 0 Å². The summed E-state index contributed by atoms with van der Waals surface area (Å²) >= 11 is 0. The lowest BCUT2D eigenvalue weighted by Gasteiger charge is -2.10. The van der Waals surface area contributed by atoms with E-state index in [0.29, 0.717) is 5.56 Å². The standard InChI is InChI=1S/C13H12N2O2/c16-13(17)11-4-7-15-6-3-10(12(11)15)9-2-1-5-14-8-9/h1-2,4-5,7-8,10H,3,6H2,(H,16,17). The number of rotatable bonds is 2. The molecular weight excluding hydrogens is 216 g/mol. The summed E-state index contributed by atoms with van der Waals surface area (Å²) in [5, 5.41) is 9.17. The molecule has 0 saturated heterocycles. The predicted octanol–water partition coefficient (Wildman–Crippen LogP) is 2.12. The van der Waals surface area contributed by atoms with Crippen LogP contribution in [-0.4, -0.2) is 20.6 Å². The number of carbonyl (C=O) groups is 1. The first-order chi connectivity index (χ1) is 8.27. The van der Waals surface area contributed by atoms with Crippen LogP contribution in [0.5, 0.6) is 0 Å². The van der Waals surface area contributed by atoms with E-state index in [1.807, 2.05) is 29.1 Å². The van der Waals surface area contributed by atoms with Crippen molar-refractivity contribution in [3.63, 3.8) is 0 Å². The lowest BCUT2D eigenvalue weighted by atomic mass is 9.94. The van der Waals surface area contributed by atoms with Crippen LogP contribution in [0.4, 0.5) is 0 Å². The lowest BCUT2D eigenvalue weighted by molar-refractivity contribution is 0.0695. The van der Waals surface area contributed by atoms with Gasteiger partial charge in [-0.2, -0.15) is 0 Å². The van der Waals surface area contributed by atoms with Crippen molar-refractivity contribution < 1.29 is 9.90 Å². The van der Waals surface area contributed by atoms with E-state index in [0.717, 1.165) is 24.2 Å². The number of fused-ring (bicyclic) bond motifs is 1. The first-order valence-corrected chi connectivity index (χ1v) is 5.59. The van der Waals surface area contributed by atoms with Gasteiger partial charge in [0.2, 0.25) is 0 Å². The predicted molar refractivity (Wildman–Crippen MR) is 62.1 cm³/mol. The van der Waals surface area contributed by atoms with Gasteiger partial charge in [-0.1, -0.05) is 6.07 Å². The molecule has 0 radical (unpaired) electrons. The number of aromatic carboxylic acids is 1. The fourth-order valence-electron chi connectivity index (χ4n) is 2.56. The number of aromatic nitrogens is 2. The van der Waals surface area contributed by atoms with E-state index in [-0.39, 0.29) is 5.92 Å². The van der Waals surface area contributed by atoms with Crippen molar-refractivity contribution in [2.45, 2.75) is 18.9 Å². The van der Waals surface area contributed by atoms with E-state index in [1.54, 1.807) is 12.3 Å². The molecule has 4 nitrogen and oxygen atoms in total. The van der Waals surface area contributed by atoms with E-state index in [2.05, 4.69) is 4.98 Å². The quantitative estimate of drug-likeness (QED) is 0.856.